The number of hydrogen-bond acceptors (Lipinski definition) is 3. The van der Waals surface area contributed by atoms with Crippen LogP contribution in [0.25, 0.3) is 0 Å². The maximum Gasteiger partial charge on any atom is 0.121 e. The molecule has 0 aliphatic rings. The SMILES string of the molecule is Clc1cscc1COc1cccc(Nc2ccccc2)c1. The van der Waals surface area contributed by atoms with E-state index in [0.29, 0.717) is 6.61 Å². The summed E-state index contributed by atoms with van der Waals surface area (Å²) < 4.78 is 5.79. The lowest BCUT2D eigenvalue weighted by Crippen LogP contribution is -1.95. The number of anilines is 2. The quantitative estimate of drug-likeness (QED) is 0.649. The minimum absolute atomic E-state index is 0.483. The molecule has 0 radical (unpaired) electrons. The van der Waals surface area contributed by atoms with E-state index >= 15 is 0 Å². The molecule has 0 saturated heterocycles. The van der Waals surface area contributed by atoms with Crippen LogP contribution in [0.4, 0.5) is 11.4 Å². The second-order valence-corrected chi connectivity index (χ2v) is 5.70. The molecule has 4 heteroatoms. The molecule has 106 valence electrons. The van der Waals surface area contributed by atoms with Gasteiger partial charge in [-0.05, 0) is 29.6 Å². The summed E-state index contributed by atoms with van der Waals surface area (Å²) in [5.41, 5.74) is 3.06. The molecule has 0 spiro atoms. The molecule has 1 aromatic heterocycles. The van der Waals surface area contributed by atoms with Gasteiger partial charge >= 0.3 is 0 Å². The van der Waals surface area contributed by atoms with Crippen LogP contribution in [-0.2, 0) is 6.61 Å². The molecule has 0 aliphatic carbocycles. The summed E-state index contributed by atoms with van der Waals surface area (Å²) in [4.78, 5) is 0. The molecule has 0 fully saturated rings. The van der Waals surface area contributed by atoms with Crippen LogP contribution in [0.1, 0.15) is 5.56 Å². The minimum atomic E-state index is 0.483. The van der Waals surface area contributed by atoms with Gasteiger partial charge in [0, 0.05) is 28.4 Å². The Balaban J connectivity index is 1.67. The van der Waals surface area contributed by atoms with Crippen LogP contribution in [0.15, 0.2) is 65.4 Å². The maximum absolute atomic E-state index is 6.06. The summed E-state index contributed by atoms with van der Waals surface area (Å²) >= 11 is 7.64. The Kier molecular flexibility index (Phi) is 4.43. The van der Waals surface area contributed by atoms with Crippen LogP contribution in [0, 0.1) is 0 Å². The van der Waals surface area contributed by atoms with E-state index < -0.39 is 0 Å². The van der Waals surface area contributed by atoms with Crippen LogP contribution in [0.3, 0.4) is 0 Å². The van der Waals surface area contributed by atoms with Gasteiger partial charge < -0.3 is 10.1 Å². The van der Waals surface area contributed by atoms with Gasteiger partial charge in [-0.15, -0.1) is 0 Å². The Morgan fingerprint density at radius 1 is 0.952 bits per heavy atom. The van der Waals surface area contributed by atoms with Crippen LogP contribution >= 0.6 is 22.9 Å². The summed E-state index contributed by atoms with van der Waals surface area (Å²) in [6.45, 7) is 0.483. The lowest BCUT2D eigenvalue weighted by atomic mass is 10.2. The number of hydrogen-bond donors (Lipinski definition) is 1. The standard InChI is InChI=1S/C17H14ClNOS/c18-17-12-21-11-13(17)10-20-16-8-4-7-15(9-16)19-14-5-2-1-3-6-14/h1-9,11-12,19H,10H2. The summed E-state index contributed by atoms with van der Waals surface area (Å²) in [6.07, 6.45) is 0. The van der Waals surface area contributed by atoms with Crippen molar-refractivity contribution in [2.75, 3.05) is 5.32 Å². The smallest absolute Gasteiger partial charge is 0.121 e. The van der Waals surface area contributed by atoms with E-state index in [-0.39, 0.29) is 0 Å². The fraction of sp³-hybridized carbons (Fsp3) is 0.0588. The third kappa shape index (κ3) is 3.78. The predicted octanol–water partition coefficient (Wildman–Crippen LogP) is 5.72. The Bertz CT molecular complexity index is 712. The number of halogens is 1. The van der Waals surface area contributed by atoms with E-state index in [0.717, 1.165) is 27.7 Å². The zero-order chi connectivity index (χ0) is 14.5. The maximum atomic E-state index is 6.06. The van der Waals surface area contributed by atoms with E-state index in [4.69, 9.17) is 16.3 Å². The number of nitrogens with one attached hydrogen (secondary N) is 1. The Labute approximate surface area is 133 Å². The molecule has 0 atom stereocenters. The number of para-hydroxylation sites is 1. The Morgan fingerprint density at radius 3 is 2.52 bits per heavy atom. The first kappa shape index (κ1) is 14.0. The Morgan fingerprint density at radius 2 is 1.76 bits per heavy atom. The van der Waals surface area contributed by atoms with Crippen molar-refractivity contribution < 1.29 is 4.74 Å². The van der Waals surface area contributed by atoms with Crippen molar-refractivity contribution in [1.82, 2.24) is 0 Å². The second-order valence-electron chi connectivity index (χ2n) is 4.55. The predicted molar refractivity (Wildman–Crippen MR) is 89.8 cm³/mol. The van der Waals surface area contributed by atoms with Crippen molar-refractivity contribution in [3.63, 3.8) is 0 Å². The molecule has 1 heterocycles. The third-order valence-electron chi connectivity index (χ3n) is 2.98. The van der Waals surface area contributed by atoms with E-state index in [1.165, 1.54) is 0 Å². The van der Waals surface area contributed by atoms with Crippen molar-refractivity contribution >= 4 is 34.3 Å². The lowest BCUT2D eigenvalue weighted by molar-refractivity contribution is 0.307. The average molecular weight is 316 g/mol. The molecule has 2 nitrogen and oxygen atoms in total. The average Bonchev–Trinajstić information content (AvgIpc) is 2.92. The number of rotatable bonds is 5. The number of ether oxygens (including phenoxy) is 1. The first-order chi connectivity index (χ1) is 10.3. The first-order valence-electron chi connectivity index (χ1n) is 6.57. The third-order valence-corrected chi connectivity index (χ3v) is 4.25. The molecule has 0 saturated carbocycles. The Hall–Kier alpha value is -1.97. The second kappa shape index (κ2) is 6.66. The van der Waals surface area contributed by atoms with Crippen molar-refractivity contribution in [3.8, 4) is 5.75 Å². The molecule has 2 aromatic carbocycles. The van der Waals surface area contributed by atoms with Crippen LogP contribution in [0.5, 0.6) is 5.75 Å². The number of thiophene rings is 1. The monoisotopic (exact) mass is 315 g/mol. The van der Waals surface area contributed by atoms with Gasteiger partial charge in [0.2, 0.25) is 0 Å². The van der Waals surface area contributed by atoms with Gasteiger partial charge in [-0.2, -0.15) is 11.3 Å². The summed E-state index contributed by atoms with van der Waals surface area (Å²) in [5.74, 6) is 0.818. The van der Waals surface area contributed by atoms with Crippen molar-refractivity contribution in [1.29, 1.82) is 0 Å². The zero-order valence-corrected chi connectivity index (χ0v) is 12.8. The summed E-state index contributed by atoms with van der Waals surface area (Å²) in [5, 5.41) is 8.03. The highest BCUT2D eigenvalue weighted by Gasteiger charge is 2.03. The fourth-order valence-electron chi connectivity index (χ4n) is 1.92. The van der Waals surface area contributed by atoms with Gasteiger partial charge in [-0.25, -0.2) is 0 Å². The van der Waals surface area contributed by atoms with Crippen molar-refractivity contribution in [2.45, 2.75) is 6.61 Å². The van der Waals surface area contributed by atoms with Crippen LogP contribution in [0.2, 0.25) is 5.02 Å². The van der Waals surface area contributed by atoms with E-state index in [1.807, 2.05) is 65.4 Å². The van der Waals surface area contributed by atoms with Gasteiger partial charge in [-0.1, -0.05) is 35.9 Å². The van der Waals surface area contributed by atoms with E-state index in [2.05, 4.69) is 5.32 Å². The molecule has 0 aliphatic heterocycles. The normalized spacial score (nSPS) is 10.3. The fourth-order valence-corrected chi connectivity index (χ4v) is 2.95. The molecular formula is C17H14ClNOS. The summed E-state index contributed by atoms with van der Waals surface area (Å²) in [6, 6.07) is 18.0. The summed E-state index contributed by atoms with van der Waals surface area (Å²) in [7, 11) is 0. The highest BCUT2D eigenvalue weighted by molar-refractivity contribution is 7.08. The van der Waals surface area contributed by atoms with Crippen molar-refractivity contribution in [3.05, 3.63) is 75.9 Å². The molecule has 0 unspecified atom stereocenters. The van der Waals surface area contributed by atoms with Gasteiger partial charge in [0.05, 0.1) is 5.02 Å². The van der Waals surface area contributed by atoms with Gasteiger partial charge in [-0.3, -0.25) is 0 Å². The molecule has 3 rings (SSSR count). The molecule has 1 N–H and O–H groups in total. The largest absolute Gasteiger partial charge is 0.489 e. The highest BCUT2D eigenvalue weighted by atomic mass is 35.5. The lowest BCUT2D eigenvalue weighted by Gasteiger charge is -2.09. The topological polar surface area (TPSA) is 21.3 Å². The van der Waals surface area contributed by atoms with Crippen LogP contribution < -0.4 is 10.1 Å². The zero-order valence-electron chi connectivity index (χ0n) is 11.3. The minimum Gasteiger partial charge on any atom is -0.489 e. The van der Waals surface area contributed by atoms with E-state index in [1.54, 1.807) is 11.3 Å². The van der Waals surface area contributed by atoms with Gasteiger partial charge in [0.15, 0.2) is 0 Å². The van der Waals surface area contributed by atoms with Gasteiger partial charge in [0.1, 0.15) is 12.4 Å². The molecular weight excluding hydrogens is 302 g/mol. The van der Waals surface area contributed by atoms with Crippen molar-refractivity contribution in [2.24, 2.45) is 0 Å². The number of benzene rings is 2. The molecule has 0 amide bonds. The first-order valence-corrected chi connectivity index (χ1v) is 7.89. The molecule has 0 bridgehead atoms. The highest BCUT2D eigenvalue weighted by Crippen LogP contribution is 2.25. The molecule has 21 heavy (non-hydrogen) atoms. The molecule has 3 aromatic rings. The van der Waals surface area contributed by atoms with E-state index in [9.17, 15) is 0 Å². The van der Waals surface area contributed by atoms with Crippen LogP contribution in [-0.4, -0.2) is 0 Å². The van der Waals surface area contributed by atoms with Gasteiger partial charge in [0.25, 0.3) is 0 Å².